The Kier molecular flexibility index (Phi) is 7.54. The number of likely N-dealkylation sites (N-methyl/N-ethyl adjacent to an activating group) is 1. The van der Waals surface area contributed by atoms with E-state index in [0.717, 1.165) is 34.4 Å². The molecule has 180 valence electrons. The SMILES string of the molecule is CNC[C@H](O)CCc1ccc2c(NC(=O)CC34CC5CC(CC(C5)C3)C4)c(Cl)ccc2n1.Cl. The lowest BCUT2D eigenvalue weighted by Gasteiger charge is -2.56. The molecule has 0 unspecified atom stereocenters. The number of rotatable bonds is 8. The monoisotopic (exact) mass is 491 g/mol. The van der Waals surface area contributed by atoms with E-state index >= 15 is 0 Å². The minimum Gasteiger partial charge on any atom is -0.392 e. The molecule has 4 saturated carbocycles. The summed E-state index contributed by atoms with van der Waals surface area (Å²) in [5, 5.41) is 17.5. The van der Waals surface area contributed by atoms with Crippen LogP contribution in [0, 0.1) is 23.2 Å². The summed E-state index contributed by atoms with van der Waals surface area (Å²) in [5.41, 5.74) is 2.63. The van der Waals surface area contributed by atoms with Crippen LogP contribution in [0.1, 0.15) is 57.1 Å². The predicted molar refractivity (Wildman–Crippen MR) is 136 cm³/mol. The third kappa shape index (κ3) is 5.32. The molecule has 1 amide bonds. The van der Waals surface area contributed by atoms with Crippen molar-refractivity contribution in [1.29, 1.82) is 0 Å². The summed E-state index contributed by atoms with van der Waals surface area (Å²) >= 11 is 6.52. The Bertz CT molecular complexity index is 977. The van der Waals surface area contributed by atoms with E-state index in [9.17, 15) is 9.90 Å². The van der Waals surface area contributed by atoms with Gasteiger partial charge >= 0.3 is 0 Å². The van der Waals surface area contributed by atoms with Gasteiger partial charge in [0.2, 0.25) is 5.91 Å². The highest BCUT2D eigenvalue weighted by Gasteiger charge is 2.51. The number of pyridine rings is 1. The topological polar surface area (TPSA) is 74.2 Å². The van der Waals surface area contributed by atoms with Crippen molar-refractivity contribution in [2.45, 2.75) is 63.9 Å². The number of carbonyl (C=O) groups excluding carboxylic acids is 1. The van der Waals surface area contributed by atoms with E-state index in [1.54, 1.807) is 0 Å². The summed E-state index contributed by atoms with van der Waals surface area (Å²) in [6.07, 6.45) is 9.40. The van der Waals surface area contributed by atoms with Crippen molar-refractivity contribution in [3.05, 3.63) is 35.0 Å². The second-order valence-corrected chi connectivity index (χ2v) is 11.1. The number of anilines is 1. The van der Waals surface area contributed by atoms with Gasteiger partial charge in [0.25, 0.3) is 0 Å². The quantitative estimate of drug-likeness (QED) is 0.463. The molecule has 6 rings (SSSR count). The second kappa shape index (κ2) is 10.1. The van der Waals surface area contributed by atoms with Crippen LogP contribution < -0.4 is 10.6 Å². The molecule has 1 atom stereocenters. The van der Waals surface area contributed by atoms with E-state index in [2.05, 4.69) is 10.6 Å². The van der Waals surface area contributed by atoms with Crippen molar-refractivity contribution in [2.75, 3.05) is 18.9 Å². The number of nitrogens with zero attached hydrogens (tertiary/aromatic N) is 1. The van der Waals surface area contributed by atoms with E-state index in [1.165, 1.54) is 38.5 Å². The first-order valence-electron chi connectivity index (χ1n) is 12.1. The average Bonchev–Trinajstić information content (AvgIpc) is 2.73. The average molecular weight is 492 g/mol. The van der Waals surface area contributed by atoms with Crippen LogP contribution in [0.25, 0.3) is 10.9 Å². The summed E-state index contributed by atoms with van der Waals surface area (Å²) in [4.78, 5) is 17.9. The summed E-state index contributed by atoms with van der Waals surface area (Å²) in [6, 6.07) is 7.69. The maximum absolute atomic E-state index is 13.2. The van der Waals surface area contributed by atoms with E-state index in [1.807, 2.05) is 31.3 Å². The molecule has 33 heavy (non-hydrogen) atoms. The van der Waals surface area contributed by atoms with Gasteiger partial charge in [-0.1, -0.05) is 11.6 Å². The van der Waals surface area contributed by atoms with Gasteiger partial charge in [-0.25, -0.2) is 0 Å². The van der Waals surface area contributed by atoms with E-state index in [-0.39, 0.29) is 29.8 Å². The van der Waals surface area contributed by atoms with Crippen LogP contribution in [-0.2, 0) is 11.2 Å². The van der Waals surface area contributed by atoms with E-state index in [0.29, 0.717) is 36.5 Å². The minimum atomic E-state index is -0.387. The molecule has 1 aromatic carbocycles. The summed E-state index contributed by atoms with van der Waals surface area (Å²) in [6.45, 7) is 0.573. The molecule has 0 saturated heterocycles. The third-order valence-corrected chi connectivity index (χ3v) is 8.33. The van der Waals surface area contributed by atoms with Crippen LogP contribution >= 0.6 is 24.0 Å². The highest BCUT2D eigenvalue weighted by Crippen LogP contribution is 2.61. The number of fused-ring (bicyclic) bond motifs is 1. The Morgan fingerprint density at radius 2 is 1.82 bits per heavy atom. The molecule has 1 aromatic heterocycles. The van der Waals surface area contributed by atoms with Crippen molar-refractivity contribution in [1.82, 2.24) is 10.3 Å². The van der Waals surface area contributed by atoms with Crippen molar-refractivity contribution >= 4 is 46.5 Å². The first kappa shape index (κ1) is 24.7. The van der Waals surface area contributed by atoms with Crippen LogP contribution in [0.3, 0.4) is 0 Å². The van der Waals surface area contributed by atoms with Gasteiger partial charge in [-0.3, -0.25) is 9.78 Å². The molecule has 3 N–H and O–H groups in total. The molecule has 5 nitrogen and oxygen atoms in total. The van der Waals surface area contributed by atoms with Crippen LogP contribution in [0.15, 0.2) is 24.3 Å². The Morgan fingerprint density at radius 1 is 1.15 bits per heavy atom. The first-order valence-corrected chi connectivity index (χ1v) is 12.5. The van der Waals surface area contributed by atoms with Gasteiger partial charge in [0.1, 0.15) is 0 Å². The van der Waals surface area contributed by atoms with Crippen LogP contribution in [-0.4, -0.2) is 35.7 Å². The summed E-state index contributed by atoms with van der Waals surface area (Å²) in [5.74, 6) is 2.60. The Balaban J connectivity index is 0.00000259. The van der Waals surface area contributed by atoms with Gasteiger partial charge < -0.3 is 15.7 Å². The molecule has 0 spiro atoms. The van der Waals surface area contributed by atoms with Crippen molar-refractivity contribution < 1.29 is 9.90 Å². The maximum Gasteiger partial charge on any atom is 0.224 e. The fourth-order valence-corrected chi connectivity index (χ4v) is 7.38. The maximum atomic E-state index is 13.2. The molecule has 1 heterocycles. The lowest BCUT2D eigenvalue weighted by Crippen LogP contribution is -2.47. The Labute approximate surface area is 207 Å². The smallest absolute Gasteiger partial charge is 0.224 e. The molecule has 2 aromatic rings. The lowest BCUT2D eigenvalue weighted by atomic mass is 9.49. The highest BCUT2D eigenvalue weighted by molar-refractivity contribution is 6.35. The number of amides is 1. The number of aliphatic hydroxyl groups is 1. The molecule has 0 aliphatic heterocycles. The second-order valence-electron chi connectivity index (χ2n) is 10.7. The number of halogens is 2. The molecule has 4 aliphatic rings. The number of nitrogens with one attached hydrogen (secondary N) is 2. The molecule has 4 fully saturated rings. The standard InChI is InChI=1S/C26H34ClN3O2.ClH/c1-28-15-20(31)4-2-19-3-5-21-23(29-19)7-6-22(27)25(21)30-24(32)14-26-11-16-8-17(12-26)10-18(9-16)13-26;/h3,5-7,16-18,20,28,31H,2,4,8-15H2,1H3,(H,30,32);1H/t16?,17?,18?,20-,26?;/m1./s1. The summed E-state index contributed by atoms with van der Waals surface area (Å²) < 4.78 is 0. The molecule has 4 bridgehead atoms. The number of hydrogen-bond acceptors (Lipinski definition) is 4. The molecule has 4 aliphatic carbocycles. The van der Waals surface area contributed by atoms with Gasteiger partial charge in [-0.15, -0.1) is 12.4 Å². The minimum absolute atomic E-state index is 0. The first-order chi connectivity index (χ1) is 15.4. The van der Waals surface area contributed by atoms with Gasteiger partial charge in [0.15, 0.2) is 0 Å². The van der Waals surface area contributed by atoms with Gasteiger partial charge in [0, 0.05) is 24.0 Å². The fourth-order valence-electron chi connectivity index (χ4n) is 7.17. The van der Waals surface area contributed by atoms with Gasteiger partial charge in [-0.2, -0.15) is 0 Å². The zero-order chi connectivity index (χ0) is 22.3. The van der Waals surface area contributed by atoms with Crippen LogP contribution in [0.4, 0.5) is 5.69 Å². The molecular formula is C26H35Cl2N3O2. The zero-order valence-corrected chi connectivity index (χ0v) is 20.9. The molecule has 0 radical (unpaired) electrons. The van der Waals surface area contributed by atoms with Crippen LogP contribution in [0.2, 0.25) is 5.02 Å². The number of aryl methyl sites for hydroxylation is 1. The van der Waals surface area contributed by atoms with Crippen molar-refractivity contribution in [3.63, 3.8) is 0 Å². The van der Waals surface area contributed by atoms with Crippen molar-refractivity contribution in [3.8, 4) is 0 Å². The van der Waals surface area contributed by atoms with E-state index in [4.69, 9.17) is 16.6 Å². The lowest BCUT2D eigenvalue weighted by molar-refractivity contribution is -0.124. The molecular weight excluding hydrogens is 457 g/mol. The number of carbonyl (C=O) groups is 1. The zero-order valence-electron chi connectivity index (χ0n) is 19.3. The number of hydrogen-bond donors (Lipinski definition) is 3. The van der Waals surface area contributed by atoms with Gasteiger partial charge in [0.05, 0.1) is 22.3 Å². The summed E-state index contributed by atoms with van der Waals surface area (Å²) in [7, 11) is 1.83. The predicted octanol–water partition coefficient (Wildman–Crippen LogP) is 5.37. The largest absolute Gasteiger partial charge is 0.392 e. The number of benzene rings is 1. The van der Waals surface area contributed by atoms with E-state index < -0.39 is 0 Å². The van der Waals surface area contributed by atoms with Crippen molar-refractivity contribution in [2.24, 2.45) is 23.2 Å². The normalized spacial score (nSPS) is 28.5. The molecule has 7 heteroatoms. The Morgan fingerprint density at radius 3 is 2.45 bits per heavy atom. The van der Waals surface area contributed by atoms with Gasteiger partial charge in [-0.05, 0) is 106 Å². The number of aromatic nitrogens is 1. The Hall–Kier alpha value is -1.40. The van der Waals surface area contributed by atoms with Crippen LogP contribution in [0.5, 0.6) is 0 Å². The number of aliphatic hydroxyl groups excluding tert-OH is 1. The third-order valence-electron chi connectivity index (χ3n) is 8.02. The highest BCUT2D eigenvalue weighted by atomic mass is 35.5. The fraction of sp³-hybridized carbons (Fsp3) is 0.615.